The third kappa shape index (κ3) is 6.32. The fraction of sp³-hybridized carbons (Fsp3) is 0.115. The zero-order valence-electron chi connectivity index (χ0n) is 19.8. The number of nitrogens with zero attached hydrogens (tertiary/aromatic N) is 3. The predicted octanol–water partition coefficient (Wildman–Crippen LogP) is 7.02. The number of carbonyl (C=O) groups excluding carboxylic acids is 1. The van der Waals surface area contributed by atoms with E-state index in [1.807, 2.05) is 6.92 Å². The number of hydrogen-bond donors (Lipinski definition) is 1. The molecule has 0 atom stereocenters. The van der Waals surface area contributed by atoms with Crippen molar-refractivity contribution in [3.05, 3.63) is 101 Å². The van der Waals surface area contributed by atoms with Crippen LogP contribution in [0.25, 0.3) is 6.08 Å². The second-order valence-electron chi connectivity index (χ2n) is 7.94. The molecule has 12 heteroatoms. The van der Waals surface area contributed by atoms with E-state index in [9.17, 15) is 24.8 Å². The third-order valence-corrected chi connectivity index (χ3v) is 7.53. The highest BCUT2D eigenvalue weighted by Crippen LogP contribution is 2.38. The molecule has 38 heavy (non-hydrogen) atoms. The molecule has 194 valence electrons. The first-order valence-corrected chi connectivity index (χ1v) is 13.5. The molecule has 1 N–H and O–H groups in total. The molecule has 0 aliphatic carbocycles. The Bertz CT molecular complexity index is 1480. The summed E-state index contributed by atoms with van der Waals surface area (Å²) in [5.41, 5.74) is 1.92. The number of non-ortho nitro benzene ring substituents is 1. The fourth-order valence-electron chi connectivity index (χ4n) is 3.56. The lowest BCUT2D eigenvalue weighted by Crippen LogP contribution is -2.28. The van der Waals surface area contributed by atoms with E-state index in [0.29, 0.717) is 42.6 Å². The number of ether oxygens (including phenoxy) is 1. The lowest BCUT2D eigenvalue weighted by Gasteiger charge is -2.12. The maximum atomic E-state index is 13.1. The van der Waals surface area contributed by atoms with Crippen LogP contribution >= 0.6 is 43.6 Å². The molecule has 1 fully saturated rings. The number of nitro groups is 1. The molecule has 1 aliphatic rings. The normalized spacial score (nSPS) is 15.3. The van der Waals surface area contributed by atoms with Gasteiger partial charge in [0.05, 0.1) is 30.0 Å². The van der Waals surface area contributed by atoms with Crippen molar-refractivity contribution in [2.24, 2.45) is 4.99 Å². The first-order valence-electron chi connectivity index (χ1n) is 11.1. The van der Waals surface area contributed by atoms with Crippen LogP contribution in [0.4, 0.5) is 11.4 Å². The lowest BCUT2D eigenvalue weighted by molar-refractivity contribution is -0.384. The molecule has 3 aromatic carbocycles. The largest absolute Gasteiger partial charge is 0.487 e. The Kier molecular flexibility index (Phi) is 8.65. The maximum Gasteiger partial charge on any atom is 0.335 e. The van der Waals surface area contributed by atoms with Crippen molar-refractivity contribution < 1.29 is 24.4 Å². The smallest absolute Gasteiger partial charge is 0.335 e. The number of carboxylic acid groups (broad SMARTS) is 1. The Balaban J connectivity index is 1.55. The molecule has 3 aromatic rings. The molecular weight excluding hydrogens is 642 g/mol. The molecule has 0 unspecified atom stereocenters. The molecule has 4 rings (SSSR count). The molecule has 0 bridgehead atoms. The number of amides is 1. The minimum absolute atomic E-state index is 0.0106. The second-order valence-corrected chi connectivity index (χ2v) is 10.7. The number of carboxylic acids is 1. The number of hydrogen-bond acceptors (Lipinski definition) is 7. The van der Waals surface area contributed by atoms with E-state index in [2.05, 4.69) is 36.9 Å². The molecule has 1 aliphatic heterocycles. The summed E-state index contributed by atoms with van der Waals surface area (Å²) < 4.78 is 7.16. The first kappa shape index (κ1) is 27.6. The number of aromatic carboxylic acids is 1. The quantitative estimate of drug-likeness (QED) is 0.156. The van der Waals surface area contributed by atoms with Gasteiger partial charge >= 0.3 is 5.97 Å². The topological polar surface area (TPSA) is 122 Å². The van der Waals surface area contributed by atoms with Gasteiger partial charge < -0.3 is 9.84 Å². The summed E-state index contributed by atoms with van der Waals surface area (Å²) in [6.07, 6.45) is 1.74. The van der Waals surface area contributed by atoms with Crippen LogP contribution in [0.1, 0.15) is 28.4 Å². The minimum Gasteiger partial charge on any atom is -0.487 e. The molecular formula is C26H19Br2N3O6S. The summed E-state index contributed by atoms with van der Waals surface area (Å²) >= 11 is 8.22. The Morgan fingerprint density at radius 2 is 1.87 bits per heavy atom. The fourth-order valence-corrected chi connectivity index (χ4v) is 6.07. The van der Waals surface area contributed by atoms with Gasteiger partial charge in [0, 0.05) is 18.7 Å². The van der Waals surface area contributed by atoms with Gasteiger partial charge in [-0.3, -0.25) is 19.8 Å². The van der Waals surface area contributed by atoms with Crippen molar-refractivity contribution >= 4 is 78.1 Å². The SMILES string of the molecule is CCN1C(=O)C(=Cc2cc(Br)c(OCc3cccc([N+](=O)[O-])c3)c(Br)c2)SC1=Nc1cccc(C(=O)O)c1. The number of aliphatic imine (C=N–C) groups is 1. The Morgan fingerprint density at radius 3 is 2.53 bits per heavy atom. The summed E-state index contributed by atoms with van der Waals surface area (Å²) in [4.78, 5) is 41.4. The molecule has 0 radical (unpaired) electrons. The van der Waals surface area contributed by atoms with Crippen LogP contribution in [-0.4, -0.2) is 38.5 Å². The lowest BCUT2D eigenvalue weighted by atomic mass is 10.2. The number of rotatable bonds is 8. The molecule has 1 amide bonds. The van der Waals surface area contributed by atoms with Crippen LogP contribution in [0.3, 0.4) is 0 Å². The monoisotopic (exact) mass is 659 g/mol. The average Bonchev–Trinajstić information content (AvgIpc) is 3.17. The number of amidine groups is 1. The zero-order chi connectivity index (χ0) is 27.4. The van der Waals surface area contributed by atoms with Gasteiger partial charge in [-0.2, -0.15) is 0 Å². The number of likely N-dealkylation sites (N-methyl/N-ethyl adjacent to an activating group) is 1. The zero-order valence-corrected chi connectivity index (χ0v) is 23.7. The molecule has 0 spiro atoms. The molecule has 0 aromatic heterocycles. The highest BCUT2D eigenvalue weighted by atomic mass is 79.9. The molecule has 0 saturated carbocycles. The van der Waals surface area contributed by atoms with Crippen molar-refractivity contribution in [1.29, 1.82) is 0 Å². The van der Waals surface area contributed by atoms with Crippen LogP contribution in [0.2, 0.25) is 0 Å². The second kappa shape index (κ2) is 11.9. The summed E-state index contributed by atoms with van der Waals surface area (Å²) in [6.45, 7) is 2.37. The van der Waals surface area contributed by atoms with Gasteiger partial charge in [-0.05, 0) is 98.1 Å². The van der Waals surface area contributed by atoms with E-state index < -0.39 is 10.9 Å². The van der Waals surface area contributed by atoms with E-state index in [0.717, 1.165) is 5.56 Å². The van der Waals surface area contributed by atoms with Gasteiger partial charge in [-0.25, -0.2) is 9.79 Å². The maximum absolute atomic E-state index is 13.1. The Labute approximate surface area is 238 Å². The summed E-state index contributed by atoms with van der Waals surface area (Å²) in [7, 11) is 0. The van der Waals surface area contributed by atoms with Crippen molar-refractivity contribution in [3.8, 4) is 5.75 Å². The highest BCUT2D eigenvalue weighted by Gasteiger charge is 2.32. The van der Waals surface area contributed by atoms with E-state index in [4.69, 9.17) is 4.74 Å². The van der Waals surface area contributed by atoms with Crippen molar-refractivity contribution in [1.82, 2.24) is 4.90 Å². The standard InChI is InChI=1S/C26H19Br2N3O6S/c1-2-30-24(32)22(38-26(30)29-18-7-4-6-17(13-18)25(33)34)12-16-10-20(27)23(21(28)11-16)37-14-15-5-3-8-19(9-15)31(35)36/h3-13H,2,14H2,1H3,(H,33,34). The highest BCUT2D eigenvalue weighted by molar-refractivity contribution is 9.11. The van der Waals surface area contributed by atoms with Gasteiger partial charge in [0.1, 0.15) is 12.4 Å². The van der Waals surface area contributed by atoms with Crippen molar-refractivity contribution in [3.63, 3.8) is 0 Å². The van der Waals surface area contributed by atoms with Crippen LogP contribution in [0, 0.1) is 10.1 Å². The number of nitro benzene ring substituents is 1. The van der Waals surface area contributed by atoms with Gasteiger partial charge in [-0.1, -0.05) is 18.2 Å². The number of halogens is 2. The van der Waals surface area contributed by atoms with E-state index >= 15 is 0 Å². The summed E-state index contributed by atoms with van der Waals surface area (Å²) in [5.74, 6) is -0.743. The van der Waals surface area contributed by atoms with Gasteiger partial charge in [0.25, 0.3) is 11.6 Å². The van der Waals surface area contributed by atoms with Crippen molar-refractivity contribution in [2.75, 3.05) is 6.54 Å². The van der Waals surface area contributed by atoms with Gasteiger partial charge in [0.15, 0.2) is 5.17 Å². The van der Waals surface area contributed by atoms with Gasteiger partial charge in [0.2, 0.25) is 0 Å². The van der Waals surface area contributed by atoms with E-state index in [1.54, 1.807) is 42.5 Å². The Morgan fingerprint density at radius 1 is 1.16 bits per heavy atom. The number of carbonyl (C=O) groups is 2. The first-order chi connectivity index (χ1) is 18.2. The van der Waals surface area contributed by atoms with Crippen LogP contribution in [-0.2, 0) is 11.4 Å². The summed E-state index contributed by atoms with van der Waals surface area (Å²) in [6, 6.07) is 16.1. The van der Waals surface area contributed by atoms with Crippen LogP contribution in [0.5, 0.6) is 5.75 Å². The molecule has 1 heterocycles. The number of thioether (sulfide) groups is 1. The summed E-state index contributed by atoms with van der Waals surface area (Å²) in [5, 5.41) is 20.7. The number of benzene rings is 3. The predicted molar refractivity (Wildman–Crippen MR) is 153 cm³/mol. The van der Waals surface area contributed by atoms with Crippen LogP contribution < -0.4 is 4.74 Å². The molecule has 1 saturated heterocycles. The average molecular weight is 661 g/mol. The van der Waals surface area contributed by atoms with E-state index in [1.165, 1.54) is 40.9 Å². The van der Waals surface area contributed by atoms with E-state index in [-0.39, 0.29) is 23.8 Å². The van der Waals surface area contributed by atoms with Crippen LogP contribution in [0.15, 0.2) is 79.5 Å². The minimum atomic E-state index is -1.05. The Hall–Kier alpha value is -3.48. The third-order valence-electron chi connectivity index (χ3n) is 5.35. The molecule has 9 nitrogen and oxygen atoms in total. The van der Waals surface area contributed by atoms with Crippen molar-refractivity contribution in [2.45, 2.75) is 13.5 Å². The van der Waals surface area contributed by atoms with Gasteiger partial charge in [-0.15, -0.1) is 0 Å².